The fourth-order valence-corrected chi connectivity index (χ4v) is 2.53. The summed E-state index contributed by atoms with van der Waals surface area (Å²) in [5.74, 6) is 0.273. The number of unbranched alkanes of at least 4 members (excludes halogenated alkanes) is 9. The number of hydrogen-bond donors (Lipinski definition) is 1. The first-order valence-electron chi connectivity index (χ1n) is 10.3. The van der Waals surface area contributed by atoms with E-state index in [9.17, 15) is 0 Å². The van der Waals surface area contributed by atoms with Gasteiger partial charge in [-0.1, -0.05) is 76.7 Å². The van der Waals surface area contributed by atoms with Gasteiger partial charge in [-0.05, 0) is 38.5 Å². The Kier molecular flexibility index (Phi) is 19.9. The molecule has 0 rings (SSSR count). The summed E-state index contributed by atoms with van der Waals surface area (Å²) < 4.78 is 5.53. The summed E-state index contributed by atoms with van der Waals surface area (Å²) in [5, 5.41) is 8.89. The molecule has 0 fully saturated rings. The molecule has 0 radical (unpaired) electrons. The highest BCUT2D eigenvalue weighted by atomic mass is 16.5. The zero-order valence-corrected chi connectivity index (χ0v) is 16.3. The summed E-state index contributed by atoms with van der Waals surface area (Å²) in [7, 11) is 0. The maximum absolute atomic E-state index is 8.89. The van der Waals surface area contributed by atoms with Crippen molar-refractivity contribution in [2.75, 3.05) is 19.8 Å². The molecule has 142 valence electrons. The summed E-state index contributed by atoms with van der Waals surface area (Å²) in [6, 6.07) is 0. The molecule has 0 aliphatic carbocycles. The molecule has 0 saturated carbocycles. The largest absolute Gasteiger partial charge is 0.396 e. The minimum absolute atomic E-state index is 0.226. The van der Waals surface area contributed by atoms with Gasteiger partial charge in [0.15, 0.2) is 0 Å². The molecule has 1 unspecified atom stereocenters. The van der Waals surface area contributed by atoms with E-state index in [1.54, 1.807) is 0 Å². The van der Waals surface area contributed by atoms with Crippen LogP contribution in [-0.2, 0) is 4.74 Å². The van der Waals surface area contributed by atoms with Crippen LogP contribution in [0.25, 0.3) is 0 Å². The highest BCUT2D eigenvalue weighted by Gasteiger charge is 1.98. The smallest absolute Gasteiger partial charge is 0.0513 e. The van der Waals surface area contributed by atoms with Crippen LogP contribution in [0.3, 0.4) is 0 Å². The average molecular weight is 339 g/mol. The van der Waals surface area contributed by atoms with E-state index in [2.05, 4.69) is 31.2 Å². The van der Waals surface area contributed by atoms with E-state index in [0.717, 1.165) is 19.4 Å². The van der Waals surface area contributed by atoms with E-state index in [1.165, 1.54) is 64.2 Å². The molecule has 0 heterocycles. The maximum atomic E-state index is 8.89. The predicted octanol–water partition coefficient (Wildman–Crippen LogP) is 6.44. The van der Waals surface area contributed by atoms with Crippen LogP contribution in [0.15, 0.2) is 24.3 Å². The van der Waals surface area contributed by atoms with Crippen LogP contribution in [0.4, 0.5) is 0 Å². The third-order valence-electron chi connectivity index (χ3n) is 4.20. The van der Waals surface area contributed by atoms with Crippen LogP contribution in [-0.4, -0.2) is 24.9 Å². The second-order valence-corrected chi connectivity index (χ2v) is 6.95. The summed E-state index contributed by atoms with van der Waals surface area (Å²) in [4.78, 5) is 0. The minimum Gasteiger partial charge on any atom is -0.396 e. The Hall–Kier alpha value is -0.600. The minimum atomic E-state index is 0.226. The van der Waals surface area contributed by atoms with Gasteiger partial charge < -0.3 is 9.84 Å². The highest BCUT2D eigenvalue weighted by Crippen LogP contribution is 2.08. The Labute approximate surface area is 151 Å². The van der Waals surface area contributed by atoms with Crippen molar-refractivity contribution in [1.82, 2.24) is 0 Å². The molecule has 0 aromatic heterocycles. The standard InChI is InChI=1S/C22H42O2/c1-3-4-5-6-7-8-9-10-11-12-13-14-15-16-17-18-19-24-21-22(2)20-23/h7-8,10-11,22-23H,3-6,9,12-21H2,1-2H3/b8-7-,11-10-. The molecule has 0 aromatic rings. The molecule has 0 aliphatic rings. The van der Waals surface area contributed by atoms with E-state index in [1.807, 2.05) is 6.92 Å². The summed E-state index contributed by atoms with van der Waals surface area (Å²) >= 11 is 0. The third-order valence-corrected chi connectivity index (χ3v) is 4.20. The Morgan fingerprint density at radius 3 is 2.00 bits per heavy atom. The number of hydrogen-bond acceptors (Lipinski definition) is 2. The molecule has 1 atom stereocenters. The normalized spacial score (nSPS) is 13.3. The van der Waals surface area contributed by atoms with Gasteiger partial charge in [-0.15, -0.1) is 0 Å². The SMILES string of the molecule is CCCCC/C=C\C/C=C\CCCCCCCCOCC(C)CO. The molecular weight excluding hydrogens is 296 g/mol. The van der Waals surface area contributed by atoms with Crippen molar-refractivity contribution in [3.8, 4) is 0 Å². The van der Waals surface area contributed by atoms with Crippen LogP contribution in [0.5, 0.6) is 0 Å². The second kappa shape index (κ2) is 20.4. The first-order chi connectivity index (χ1) is 11.8. The summed E-state index contributed by atoms with van der Waals surface area (Å²) in [6.07, 6.45) is 24.6. The van der Waals surface area contributed by atoms with Crippen molar-refractivity contribution in [3.05, 3.63) is 24.3 Å². The number of allylic oxidation sites excluding steroid dienone is 4. The monoisotopic (exact) mass is 338 g/mol. The molecule has 0 amide bonds. The number of aliphatic hydroxyl groups is 1. The van der Waals surface area contributed by atoms with Gasteiger partial charge >= 0.3 is 0 Å². The zero-order chi connectivity index (χ0) is 17.7. The molecule has 2 nitrogen and oxygen atoms in total. The van der Waals surface area contributed by atoms with Crippen LogP contribution in [0, 0.1) is 5.92 Å². The van der Waals surface area contributed by atoms with Gasteiger partial charge in [0.25, 0.3) is 0 Å². The number of aliphatic hydroxyl groups excluding tert-OH is 1. The third kappa shape index (κ3) is 19.4. The van der Waals surface area contributed by atoms with Crippen LogP contribution in [0.1, 0.15) is 90.9 Å². The van der Waals surface area contributed by atoms with Gasteiger partial charge in [0.05, 0.1) is 6.61 Å². The molecule has 1 N–H and O–H groups in total. The topological polar surface area (TPSA) is 29.5 Å². The zero-order valence-electron chi connectivity index (χ0n) is 16.3. The van der Waals surface area contributed by atoms with Crippen molar-refractivity contribution < 1.29 is 9.84 Å². The molecule has 2 heteroatoms. The highest BCUT2D eigenvalue weighted by molar-refractivity contribution is 4.92. The van der Waals surface area contributed by atoms with Crippen molar-refractivity contribution in [2.24, 2.45) is 5.92 Å². The lowest BCUT2D eigenvalue weighted by Gasteiger charge is -2.08. The molecule has 0 aliphatic heterocycles. The van der Waals surface area contributed by atoms with Gasteiger partial charge in [-0.3, -0.25) is 0 Å². The Morgan fingerprint density at radius 1 is 0.792 bits per heavy atom. The Bertz CT molecular complexity index is 284. The quantitative estimate of drug-likeness (QED) is 0.230. The van der Waals surface area contributed by atoms with Gasteiger partial charge in [0.2, 0.25) is 0 Å². The first kappa shape index (κ1) is 23.4. The summed E-state index contributed by atoms with van der Waals surface area (Å²) in [6.45, 7) is 6.03. The van der Waals surface area contributed by atoms with Crippen LogP contribution < -0.4 is 0 Å². The van der Waals surface area contributed by atoms with E-state index in [0.29, 0.717) is 6.61 Å². The van der Waals surface area contributed by atoms with Gasteiger partial charge in [-0.2, -0.15) is 0 Å². The van der Waals surface area contributed by atoms with Crippen molar-refractivity contribution >= 4 is 0 Å². The van der Waals surface area contributed by atoms with Crippen molar-refractivity contribution in [3.63, 3.8) is 0 Å². The predicted molar refractivity (Wildman–Crippen MR) is 106 cm³/mol. The number of rotatable bonds is 18. The Balaban J connectivity index is 3.15. The van der Waals surface area contributed by atoms with Gasteiger partial charge in [0, 0.05) is 19.1 Å². The maximum Gasteiger partial charge on any atom is 0.0513 e. The van der Waals surface area contributed by atoms with E-state index < -0.39 is 0 Å². The lowest BCUT2D eigenvalue weighted by molar-refractivity contribution is 0.0775. The van der Waals surface area contributed by atoms with Gasteiger partial charge in [-0.25, -0.2) is 0 Å². The Morgan fingerprint density at radius 2 is 1.38 bits per heavy atom. The number of ether oxygens (including phenoxy) is 1. The van der Waals surface area contributed by atoms with E-state index in [-0.39, 0.29) is 12.5 Å². The summed E-state index contributed by atoms with van der Waals surface area (Å²) in [5.41, 5.74) is 0. The van der Waals surface area contributed by atoms with Crippen molar-refractivity contribution in [1.29, 1.82) is 0 Å². The molecular formula is C22H42O2. The fourth-order valence-electron chi connectivity index (χ4n) is 2.53. The lowest BCUT2D eigenvalue weighted by atomic mass is 10.1. The lowest BCUT2D eigenvalue weighted by Crippen LogP contribution is -2.10. The van der Waals surface area contributed by atoms with Crippen molar-refractivity contribution in [2.45, 2.75) is 90.9 Å². The molecule has 24 heavy (non-hydrogen) atoms. The van der Waals surface area contributed by atoms with Crippen LogP contribution >= 0.6 is 0 Å². The van der Waals surface area contributed by atoms with Crippen LogP contribution in [0.2, 0.25) is 0 Å². The molecule has 0 saturated heterocycles. The average Bonchev–Trinajstić information content (AvgIpc) is 2.60. The first-order valence-corrected chi connectivity index (χ1v) is 10.3. The molecule has 0 spiro atoms. The van der Waals surface area contributed by atoms with Gasteiger partial charge in [0.1, 0.15) is 0 Å². The second-order valence-electron chi connectivity index (χ2n) is 6.95. The fraction of sp³-hybridized carbons (Fsp3) is 0.818. The van der Waals surface area contributed by atoms with E-state index in [4.69, 9.17) is 9.84 Å². The molecule has 0 bridgehead atoms. The van der Waals surface area contributed by atoms with E-state index >= 15 is 0 Å². The molecule has 0 aromatic carbocycles.